The molecule has 2 atom stereocenters. The second kappa shape index (κ2) is 11.7. The number of thioether (sulfide) groups is 1. The summed E-state index contributed by atoms with van der Waals surface area (Å²) in [5.41, 5.74) is 5.33. The molecule has 0 fully saturated rings. The zero-order valence-electron chi connectivity index (χ0n) is 14.9. The fourth-order valence-corrected chi connectivity index (χ4v) is 2.88. The van der Waals surface area contributed by atoms with Gasteiger partial charge in [-0.2, -0.15) is 11.8 Å². The van der Waals surface area contributed by atoms with Crippen LogP contribution >= 0.6 is 11.8 Å². The number of carboxylic acid groups (broad SMARTS) is 2. The minimum absolute atomic E-state index is 0.0324. The molecule has 0 rings (SSSR count). The minimum atomic E-state index is -1.23. The smallest absolute Gasteiger partial charge is 0.322 e. The Morgan fingerprint density at radius 1 is 1.19 bits per heavy atom. The van der Waals surface area contributed by atoms with E-state index in [1.165, 1.54) is 11.8 Å². The standard InChI is InChI=1S/C15H27N3O7S/c1-15(2,5-6-19)26-8-10(13(23)17-7-12(21)22)18-11(20)4-3-9(16)14(24)25/h9-10,19H,3-8,16H2,1-2H3,(H,17,23)(H,18,20)(H,21,22)(H,24,25)/t9-,10-/m0/s1. The topological polar surface area (TPSA) is 179 Å². The van der Waals surface area contributed by atoms with Gasteiger partial charge in [0.05, 0.1) is 0 Å². The molecule has 0 aromatic rings. The molecule has 7 N–H and O–H groups in total. The molecule has 0 aliphatic carbocycles. The van der Waals surface area contributed by atoms with Crippen molar-refractivity contribution in [2.45, 2.75) is 49.9 Å². The van der Waals surface area contributed by atoms with E-state index in [-0.39, 0.29) is 29.9 Å². The van der Waals surface area contributed by atoms with Gasteiger partial charge >= 0.3 is 11.9 Å². The maximum atomic E-state index is 12.1. The molecule has 2 amide bonds. The number of carbonyl (C=O) groups is 4. The van der Waals surface area contributed by atoms with Crippen LogP contribution in [0.3, 0.4) is 0 Å². The quantitative estimate of drug-likeness (QED) is 0.223. The SMILES string of the molecule is CC(C)(CCO)SC[C@H](NC(=O)CC[C@H](N)C(=O)O)C(=O)NCC(=O)O. The van der Waals surface area contributed by atoms with E-state index >= 15 is 0 Å². The van der Waals surface area contributed by atoms with Gasteiger partial charge in [-0.1, -0.05) is 13.8 Å². The lowest BCUT2D eigenvalue weighted by molar-refractivity contribution is -0.139. The fourth-order valence-electron chi connectivity index (χ4n) is 1.80. The van der Waals surface area contributed by atoms with E-state index in [0.29, 0.717) is 6.42 Å². The minimum Gasteiger partial charge on any atom is -0.480 e. The molecular formula is C15H27N3O7S. The largest absolute Gasteiger partial charge is 0.480 e. The summed E-state index contributed by atoms with van der Waals surface area (Å²) >= 11 is 1.34. The number of aliphatic hydroxyl groups excluding tert-OH is 1. The number of hydrogen-bond donors (Lipinski definition) is 6. The van der Waals surface area contributed by atoms with Crippen molar-refractivity contribution in [3.8, 4) is 0 Å². The molecule has 0 heterocycles. The summed E-state index contributed by atoms with van der Waals surface area (Å²) < 4.78 is -0.351. The third-order valence-electron chi connectivity index (χ3n) is 3.42. The molecule has 0 bridgehead atoms. The number of rotatable bonds is 13. The van der Waals surface area contributed by atoms with Crippen LogP contribution in [-0.4, -0.2) is 74.8 Å². The van der Waals surface area contributed by atoms with Crippen LogP contribution in [0, 0.1) is 0 Å². The van der Waals surface area contributed by atoms with Gasteiger partial charge in [0.1, 0.15) is 18.6 Å². The van der Waals surface area contributed by atoms with Crippen LogP contribution < -0.4 is 16.4 Å². The number of carboxylic acids is 2. The number of aliphatic carboxylic acids is 2. The summed E-state index contributed by atoms with van der Waals surface area (Å²) in [6.07, 6.45) is 0.206. The van der Waals surface area contributed by atoms with Crippen molar-refractivity contribution in [1.82, 2.24) is 10.6 Å². The highest BCUT2D eigenvalue weighted by Crippen LogP contribution is 2.28. The van der Waals surface area contributed by atoms with Gasteiger partial charge in [0.15, 0.2) is 0 Å². The lowest BCUT2D eigenvalue weighted by atomic mass is 10.1. The third kappa shape index (κ3) is 10.9. The Kier molecular flexibility index (Phi) is 10.9. The van der Waals surface area contributed by atoms with Crippen molar-refractivity contribution < 1.29 is 34.5 Å². The van der Waals surface area contributed by atoms with E-state index in [1.54, 1.807) is 0 Å². The van der Waals surface area contributed by atoms with Gasteiger partial charge in [0.25, 0.3) is 0 Å². The molecule has 0 unspecified atom stereocenters. The van der Waals surface area contributed by atoms with Crippen LogP contribution in [0.25, 0.3) is 0 Å². The molecule has 0 aliphatic heterocycles. The van der Waals surface area contributed by atoms with Crippen LogP contribution in [0.4, 0.5) is 0 Å². The predicted molar refractivity (Wildman–Crippen MR) is 95.7 cm³/mol. The Bertz CT molecular complexity index is 513. The van der Waals surface area contributed by atoms with Crippen LogP contribution in [0.5, 0.6) is 0 Å². The summed E-state index contributed by atoms with van der Waals surface area (Å²) in [7, 11) is 0. The van der Waals surface area contributed by atoms with Gasteiger partial charge < -0.3 is 31.7 Å². The lowest BCUT2D eigenvalue weighted by Gasteiger charge is -2.26. The van der Waals surface area contributed by atoms with E-state index in [1.807, 2.05) is 13.8 Å². The monoisotopic (exact) mass is 393 g/mol. The average molecular weight is 393 g/mol. The number of nitrogens with two attached hydrogens (primary N) is 1. The maximum Gasteiger partial charge on any atom is 0.322 e. The first-order valence-corrected chi connectivity index (χ1v) is 8.99. The highest BCUT2D eigenvalue weighted by atomic mass is 32.2. The number of nitrogens with one attached hydrogen (secondary N) is 2. The van der Waals surface area contributed by atoms with Gasteiger partial charge in [0.2, 0.25) is 11.8 Å². The summed E-state index contributed by atoms with van der Waals surface area (Å²) in [5, 5.41) is 31.1. The highest BCUT2D eigenvalue weighted by Gasteiger charge is 2.26. The van der Waals surface area contributed by atoms with Crippen molar-refractivity contribution >= 4 is 35.5 Å². The zero-order chi connectivity index (χ0) is 20.3. The fraction of sp³-hybridized carbons (Fsp3) is 0.733. The summed E-state index contributed by atoms with van der Waals surface area (Å²) in [4.78, 5) is 45.4. The number of aliphatic hydroxyl groups is 1. The summed E-state index contributed by atoms with van der Waals surface area (Å²) in [6.45, 7) is 3.12. The normalized spacial score (nSPS) is 13.5. The van der Waals surface area contributed by atoms with E-state index in [9.17, 15) is 19.2 Å². The Morgan fingerprint density at radius 2 is 1.81 bits per heavy atom. The Labute approximate surface area is 155 Å². The van der Waals surface area contributed by atoms with Crippen molar-refractivity contribution in [2.75, 3.05) is 18.9 Å². The molecule has 26 heavy (non-hydrogen) atoms. The van der Waals surface area contributed by atoms with Gasteiger partial charge in [-0.15, -0.1) is 0 Å². The molecule has 0 saturated heterocycles. The predicted octanol–water partition coefficient (Wildman–Crippen LogP) is -1.24. The van der Waals surface area contributed by atoms with Gasteiger partial charge in [-0.25, -0.2) is 0 Å². The van der Waals surface area contributed by atoms with Crippen molar-refractivity contribution in [3.05, 3.63) is 0 Å². The summed E-state index contributed by atoms with van der Waals surface area (Å²) in [6, 6.07) is -2.18. The number of amides is 2. The van der Waals surface area contributed by atoms with Gasteiger partial charge in [-0.05, 0) is 12.8 Å². The Morgan fingerprint density at radius 3 is 2.31 bits per heavy atom. The van der Waals surface area contributed by atoms with E-state index < -0.39 is 42.4 Å². The molecule has 150 valence electrons. The molecule has 0 aromatic heterocycles. The Balaban J connectivity index is 4.80. The van der Waals surface area contributed by atoms with E-state index in [0.717, 1.165) is 0 Å². The molecule has 0 spiro atoms. The molecule has 0 radical (unpaired) electrons. The molecule has 0 aromatic carbocycles. The van der Waals surface area contributed by atoms with E-state index in [2.05, 4.69) is 10.6 Å². The van der Waals surface area contributed by atoms with E-state index in [4.69, 9.17) is 21.1 Å². The molecule has 0 saturated carbocycles. The van der Waals surface area contributed by atoms with Gasteiger partial charge in [-0.3, -0.25) is 19.2 Å². The highest BCUT2D eigenvalue weighted by molar-refractivity contribution is 8.00. The third-order valence-corrected chi connectivity index (χ3v) is 4.91. The lowest BCUT2D eigenvalue weighted by Crippen LogP contribution is -2.50. The number of hydrogen-bond acceptors (Lipinski definition) is 7. The first-order valence-electron chi connectivity index (χ1n) is 8.00. The van der Waals surface area contributed by atoms with Crippen LogP contribution in [-0.2, 0) is 19.2 Å². The van der Waals surface area contributed by atoms with Gasteiger partial charge in [0, 0.05) is 23.5 Å². The second-order valence-corrected chi connectivity index (χ2v) is 7.99. The maximum absolute atomic E-state index is 12.1. The van der Waals surface area contributed by atoms with Crippen LogP contribution in [0.15, 0.2) is 0 Å². The van der Waals surface area contributed by atoms with Crippen LogP contribution in [0.2, 0.25) is 0 Å². The Hall–Kier alpha value is -1.85. The first-order chi connectivity index (χ1) is 12.0. The molecule has 10 nitrogen and oxygen atoms in total. The molecule has 11 heteroatoms. The van der Waals surface area contributed by atoms with Crippen molar-refractivity contribution in [2.24, 2.45) is 5.73 Å². The number of carbonyl (C=O) groups excluding carboxylic acids is 2. The van der Waals surface area contributed by atoms with Crippen molar-refractivity contribution in [3.63, 3.8) is 0 Å². The molecular weight excluding hydrogens is 366 g/mol. The summed E-state index contributed by atoms with van der Waals surface area (Å²) in [5.74, 6) is -3.50. The van der Waals surface area contributed by atoms with Crippen LogP contribution in [0.1, 0.15) is 33.1 Å². The second-order valence-electron chi connectivity index (χ2n) is 6.26. The van der Waals surface area contributed by atoms with Crippen molar-refractivity contribution in [1.29, 1.82) is 0 Å². The zero-order valence-corrected chi connectivity index (χ0v) is 15.7. The average Bonchev–Trinajstić information content (AvgIpc) is 2.53. The molecule has 0 aliphatic rings. The first kappa shape index (κ1) is 24.1.